The Kier molecular flexibility index (Phi) is 4.20. The molecule has 0 spiro atoms. The Balaban J connectivity index is 1.90. The Hall–Kier alpha value is -2.38. The van der Waals surface area contributed by atoms with Crippen LogP contribution in [-0.4, -0.2) is 28.4 Å². The number of likely N-dealkylation sites (N-methyl/N-ethyl adjacent to an activating group) is 1. The van der Waals surface area contributed by atoms with Crippen LogP contribution in [0.15, 0.2) is 18.2 Å². The van der Waals surface area contributed by atoms with E-state index in [4.69, 9.17) is 15.5 Å². The number of hydrogen-bond donors (Lipinski definition) is 1. The molecule has 0 atom stereocenters. The first-order chi connectivity index (χ1) is 12.6. The molecule has 2 aromatic heterocycles. The van der Waals surface area contributed by atoms with Gasteiger partial charge >= 0.3 is 0 Å². The van der Waals surface area contributed by atoms with Gasteiger partial charge in [0.25, 0.3) is 5.91 Å². The lowest BCUT2D eigenvalue weighted by Crippen LogP contribution is -2.38. The van der Waals surface area contributed by atoms with Crippen LogP contribution in [0.4, 0.5) is 5.69 Å². The van der Waals surface area contributed by atoms with Crippen LogP contribution in [0.25, 0.3) is 16.2 Å². The van der Waals surface area contributed by atoms with Crippen molar-refractivity contribution < 1.29 is 9.53 Å². The van der Waals surface area contributed by atoms with Crippen LogP contribution in [0.2, 0.25) is 0 Å². The molecule has 2 N–H and O–H groups in total. The van der Waals surface area contributed by atoms with Crippen LogP contribution in [-0.2, 0) is 17.8 Å². The fraction of sp³-hybridized carbons (Fsp3) is 0.368. The molecule has 0 bridgehead atoms. The minimum Gasteiger partial charge on any atom is -0.482 e. The summed E-state index contributed by atoms with van der Waals surface area (Å²) in [7, 11) is 0. The first kappa shape index (κ1) is 17.1. The number of carbonyl (C=O) groups excluding carboxylic acids is 1. The van der Waals surface area contributed by atoms with E-state index in [1.807, 2.05) is 25.1 Å². The molecule has 3 heterocycles. The summed E-state index contributed by atoms with van der Waals surface area (Å²) in [6.45, 7) is 7.35. The molecule has 0 saturated heterocycles. The van der Waals surface area contributed by atoms with Crippen molar-refractivity contribution in [2.45, 2.75) is 33.7 Å². The lowest BCUT2D eigenvalue weighted by atomic mass is 10.1. The number of nitrogens with zero attached hydrogens (tertiary/aromatic N) is 3. The number of hydrogen-bond acceptors (Lipinski definition) is 5. The maximum Gasteiger partial charge on any atom is 0.265 e. The van der Waals surface area contributed by atoms with Crippen molar-refractivity contribution in [2.75, 3.05) is 18.1 Å². The first-order valence-electron chi connectivity index (χ1n) is 8.86. The summed E-state index contributed by atoms with van der Waals surface area (Å²) in [5, 5.41) is 0. The molecule has 136 valence electrons. The molecule has 6 nitrogen and oxygen atoms in total. The van der Waals surface area contributed by atoms with E-state index < -0.39 is 0 Å². The number of aryl methyl sites for hydroxylation is 2. The highest BCUT2D eigenvalue weighted by Gasteiger charge is 2.26. The molecule has 1 aliphatic heterocycles. The Morgan fingerprint density at radius 1 is 1.31 bits per heavy atom. The van der Waals surface area contributed by atoms with Crippen LogP contribution < -0.4 is 15.4 Å². The van der Waals surface area contributed by atoms with Crippen LogP contribution in [0.3, 0.4) is 0 Å². The van der Waals surface area contributed by atoms with Gasteiger partial charge in [0.15, 0.2) is 11.6 Å². The largest absolute Gasteiger partial charge is 0.482 e. The van der Waals surface area contributed by atoms with Crippen molar-refractivity contribution in [3.05, 3.63) is 34.5 Å². The predicted molar refractivity (Wildman–Crippen MR) is 104 cm³/mol. The van der Waals surface area contributed by atoms with Gasteiger partial charge in [0.1, 0.15) is 5.75 Å². The molecule has 0 unspecified atom stereocenters. The lowest BCUT2D eigenvalue weighted by Gasteiger charge is -2.28. The quantitative estimate of drug-likeness (QED) is 0.766. The first-order valence-corrected chi connectivity index (χ1v) is 9.67. The Labute approximate surface area is 156 Å². The monoisotopic (exact) mass is 370 g/mol. The molecule has 0 aliphatic carbocycles. The smallest absolute Gasteiger partial charge is 0.265 e. The summed E-state index contributed by atoms with van der Waals surface area (Å²) in [6, 6.07) is 5.89. The molecule has 0 saturated carbocycles. The Morgan fingerprint density at radius 2 is 2.12 bits per heavy atom. The third-order valence-corrected chi connectivity index (χ3v) is 5.88. The summed E-state index contributed by atoms with van der Waals surface area (Å²) in [6.07, 6.45) is 0.935. The topological polar surface area (TPSA) is 72.9 Å². The summed E-state index contributed by atoms with van der Waals surface area (Å²) < 4.78 is 7.76. The van der Waals surface area contributed by atoms with Gasteiger partial charge in [-0.3, -0.25) is 9.20 Å². The number of nitrogens with two attached hydrogens (primary N) is 1. The highest BCUT2D eigenvalue weighted by atomic mass is 32.1. The van der Waals surface area contributed by atoms with Gasteiger partial charge in [-0.25, -0.2) is 4.98 Å². The number of carbonyl (C=O) groups is 1. The zero-order valence-corrected chi connectivity index (χ0v) is 16.0. The van der Waals surface area contributed by atoms with Gasteiger partial charge in [-0.1, -0.05) is 6.92 Å². The van der Waals surface area contributed by atoms with Gasteiger partial charge < -0.3 is 15.4 Å². The molecular weight excluding hydrogens is 348 g/mol. The molecule has 7 heteroatoms. The maximum atomic E-state index is 12.1. The van der Waals surface area contributed by atoms with Crippen molar-refractivity contribution in [1.82, 2.24) is 9.38 Å². The second-order valence-electron chi connectivity index (χ2n) is 6.30. The summed E-state index contributed by atoms with van der Waals surface area (Å²) >= 11 is 1.69. The molecule has 0 radical (unpaired) electrons. The van der Waals surface area contributed by atoms with Crippen LogP contribution in [0.1, 0.15) is 30.1 Å². The van der Waals surface area contributed by atoms with Crippen LogP contribution in [0.5, 0.6) is 5.75 Å². The average Bonchev–Trinajstić information content (AvgIpc) is 3.14. The van der Waals surface area contributed by atoms with Crippen LogP contribution in [0, 0.1) is 6.92 Å². The van der Waals surface area contributed by atoms with Gasteiger partial charge in [-0.2, -0.15) is 0 Å². The number of thiazole rings is 1. The number of benzene rings is 1. The van der Waals surface area contributed by atoms with Gasteiger partial charge in [0.05, 0.1) is 17.1 Å². The highest BCUT2D eigenvalue weighted by molar-refractivity contribution is 7.17. The molecule has 0 fully saturated rings. The van der Waals surface area contributed by atoms with E-state index in [9.17, 15) is 4.79 Å². The van der Waals surface area contributed by atoms with Crippen molar-refractivity contribution >= 4 is 27.9 Å². The zero-order chi connectivity index (χ0) is 18.4. The molecule has 1 aromatic carbocycles. The molecule has 4 rings (SSSR count). The number of anilines is 1. The van der Waals surface area contributed by atoms with E-state index in [0.29, 0.717) is 13.1 Å². The summed E-state index contributed by atoms with van der Waals surface area (Å²) in [5.74, 6) is 0.710. The third kappa shape index (κ3) is 2.42. The standard InChI is InChI=1S/C19H22N4O2S/c1-4-13-11(3)26-19-21-18(15(9-20)23(13)19)12-6-7-16-14(8-12)22(5-2)17(24)10-25-16/h6-8H,4-5,9-10,20H2,1-3H3. The minimum absolute atomic E-state index is 0.0223. The molecule has 3 aromatic rings. The van der Waals surface area contributed by atoms with Crippen molar-refractivity contribution in [3.8, 4) is 17.0 Å². The van der Waals surface area contributed by atoms with E-state index in [0.717, 1.165) is 39.8 Å². The molecule has 1 aliphatic rings. The van der Waals surface area contributed by atoms with E-state index in [2.05, 4.69) is 18.2 Å². The Morgan fingerprint density at radius 3 is 2.81 bits per heavy atom. The fourth-order valence-corrected chi connectivity index (χ4v) is 4.73. The molecular formula is C19H22N4O2S. The predicted octanol–water partition coefficient (Wildman–Crippen LogP) is 3.14. The van der Waals surface area contributed by atoms with Gasteiger partial charge in [0, 0.05) is 29.2 Å². The number of rotatable bonds is 4. The van der Waals surface area contributed by atoms with E-state index >= 15 is 0 Å². The van der Waals surface area contributed by atoms with Crippen molar-refractivity contribution in [1.29, 1.82) is 0 Å². The number of fused-ring (bicyclic) bond motifs is 2. The second kappa shape index (κ2) is 6.41. The molecule has 26 heavy (non-hydrogen) atoms. The number of imidazole rings is 1. The van der Waals surface area contributed by atoms with Crippen molar-refractivity contribution in [2.24, 2.45) is 5.73 Å². The summed E-state index contributed by atoms with van der Waals surface area (Å²) in [4.78, 5) is 21.0. The van der Waals surface area contributed by atoms with Gasteiger partial charge in [0.2, 0.25) is 0 Å². The normalized spacial score (nSPS) is 14.0. The van der Waals surface area contributed by atoms with E-state index in [1.54, 1.807) is 16.2 Å². The van der Waals surface area contributed by atoms with Crippen LogP contribution >= 0.6 is 11.3 Å². The number of aromatic nitrogens is 2. The minimum atomic E-state index is -0.0223. The zero-order valence-electron chi connectivity index (χ0n) is 15.2. The second-order valence-corrected chi connectivity index (χ2v) is 7.48. The van der Waals surface area contributed by atoms with Crippen molar-refractivity contribution in [3.63, 3.8) is 0 Å². The van der Waals surface area contributed by atoms with Gasteiger partial charge in [-0.15, -0.1) is 11.3 Å². The fourth-order valence-electron chi connectivity index (χ4n) is 3.65. The Bertz CT molecular complexity index is 1000. The number of amides is 1. The molecule has 1 amide bonds. The van der Waals surface area contributed by atoms with Gasteiger partial charge in [-0.05, 0) is 38.5 Å². The maximum absolute atomic E-state index is 12.1. The SMILES string of the molecule is CCc1c(C)sc2nc(-c3ccc4c(c3)N(CC)C(=O)CO4)c(CN)n12. The number of ether oxygens (including phenoxy) is 1. The highest BCUT2D eigenvalue weighted by Crippen LogP contribution is 2.38. The van der Waals surface area contributed by atoms with E-state index in [-0.39, 0.29) is 12.5 Å². The van der Waals surface area contributed by atoms with E-state index in [1.165, 1.54) is 10.6 Å². The lowest BCUT2D eigenvalue weighted by molar-refractivity contribution is -0.121. The average molecular weight is 370 g/mol. The summed E-state index contributed by atoms with van der Waals surface area (Å²) in [5.41, 5.74) is 11.0. The third-order valence-electron chi connectivity index (χ3n) is 4.88.